The Balaban J connectivity index is 2.19. The van der Waals surface area contributed by atoms with Crippen molar-refractivity contribution in [3.8, 4) is 0 Å². The third-order valence-corrected chi connectivity index (χ3v) is 3.60. The van der Waals surface area contributed by atoms with Gasteiger partial charge in [-0.25, -0.2) is 8.78 Å². The molecule has 2 rings (SSSR count). The van der Waals surface area contributed by atoms with Gasteiger partial charge in [-0.2, -0.15) is 0 Å². The van der Waals surface area contributed by atoms with Crippen LogP contribution in [0.25, 0.3) is 0 Å². The van der Waals surface area contributed by atoms with Gasteiger partial charge in [0.1, 0.15) is 11.6 Å². The van der Waals surface area contributed by atoms with Gasteiger partial charge >= 0.3 is 0 Å². The van der Waals surface area contributed by atoms with Gasteiger partial charge in [-0.1, -0.05) is 12.2 Å². The summed E-state index contributed by atoms with van der Waals surface area (Å²) in [6.45, 7) is 0.873. The average molecular weight is 284 g/mol. The predicted molar refractivity (Wildman–Crippen MR) is 71.8 cm³/mol. The van der Waals surface area contributed by atoms with Gasteiger partial charge in [0, 0.05) is 19.0 Å². The van der Waals surface area contributed by atoms with Crippen LogP contribution in [0.2, 0.25) is 0 Å². The van der Waals surface area contributed by atoms with Crippen molar-refractivity contribution in [2.45, 2.75) is 12.8 Å². The Labute approximate surface area is 115 Å². The molecule has 0 aliphatic carbocycles. The Morgan fingerprint density at radius 1 is 1.42 bits per heavy atom. The lowest BCUT2D eigenvalue weighted by Gasteiger charge is -2.32. The van der Waals surface area contributed by atoms with Crippen molar-refractivity contribution in [2.75, 3.05) is 13.1 Å². The molecule has 1 aliphatic heterocycles. The number of thiocarbonyl (C=S) groups is 1. The fourth-order valence-electron chi connectivity index (χ4n) is 2.23. The molecule has 102 valence electrons. The maximum Gasteiger partial charge on any atom is 0.256 e. The molecular weight excluding hydrogens is 270 g/mol. The molecule has 1 fully saturated rings. The fourth-order valence-corrected chi connectivity index (χ4v) is 2.42. The zero-order chi connectivity index (χ0) is 14.0. The molecular formula is C13H14F2N2OS. The molecule has 0 bridgehead atoms. The minimum atomic E-state index is -0.719. The minimum absolute atomic E-state index is 0.0516. The molecule has 1 atom stereocenters. The second-order valence-electron chi connectivity index (χ2n) is 4.62. The molecule has 6 heteroatoms. The monoisotopic (exact) mass is 284 g/mol. The van der Waals surface area contributed by atoms with Gasteiger partial charge in [-0.05, 0) is 31.0 Å². The molecule has 3 nitrogen and oxygen atoms in total. The fraction of sp³-hybridized carbons (Fsp3) is 0.385. The van der Waals surface area contributed by atoms with E-state index in [1.165, 1.54) is 4.90 Å². The van der Waals surface area contributed by atoms with Gasteiger partial charge in [0.05, 0.1) is 10.6 Å². The quantitative estimate of drug-likeness (QED) is 0.846. The number of rotatable bonds is 2. The van der Waals surface area contributed by atoms with Crippen LogP contribution < -0.4 is 5.73 Å². The van der Waals surface area contributed by atoms with Crippen LogP contribution in [0.1, 0.15) is 23.2 Å². The van der Waals surface area contributed by atoms with Gasteiger partial charge in [-0.15, -0.1) is 0 Å². The van der Waals surface area contributed by atoms with Crippen molar-refractivity contribution in [3.05, 3.63) is 35.4 Å². The molecule has 0 saturated carbocycles. The van der Waals surface area contributed by atoms with E-state index in [1.54, 1.807) is 0 Å². The zero-order valence-electron chi connectivity index (χ0n) is 10.2. The maximum atomic E-state index is 13.6. The Bertz CT molecular complexity index is 521. The van der Waals surface area contributed by atoms with Crippen molar-refractivity contribution < 1.29 is 13.6 Å². The summed E-state index contributed by atoms with van der Waals surface area (Å²) in [4.78, 5) is 14.0. The highest BCUT2D eigenvalue weighted by Crippen LogP contribution is 2.20. The number of amides is 1. The van der Waals surface area contributed by atoms with Gasteiger partial charge in [0.2, 0.25) is 0 Å². The smallest absolute Gasteiger partial charge is 0.256 e. The van der Waals surface area contributed by atoms with Crippen molar-refractivity contribution in [1.29, 1.82) is 0 Å². The normalized spacial score (nSPS) is 19.3. The summed E-state index contributed by atoms with van der Waals surface area (Å²) in [5, 5.41) is 0. The summed E-state index contributed by atoms with van der Waals surface area (Å²) >= 11 is 4.92. The van der Waals surface area contributed by atoms with Crippen LogP contribution in [-0.2, 0) is 0 Å². The van der Waals surface area contributed by atoms with Crippen molar-refractivity contribution in [3.63, 3.8) is 0 Å². The molecule has 1 heterocycles. The molecule has 19 heavy (non-hydrogen) atoms. The molecule has 0 aromatic heterocycles. The summed E-state index contributed by atoms with van der Waals surface area (Å²) in [5.41, 5.74) is 5.33. The number of benzene rings is 1. The van der Waals surface area contributed by atoms with Gasteiger partial charge in [0.15, 0.2) is 0 Å². The van der Waals surface area contributed by atoms with Gasteiger partial charge in [-0.3, -0.25) is 4.79 Å². The number of hydrogen-bond donors (Lipinski definition) is 1. The minimum Gasteiger partial charge on any atom is -0.393 e. The molecule has 1 aromatic carbocycles. The van der Waals surface area contributed by atoms with E-state index in [0.29, 0.717) is 18.1 Å². The van der Waals surface area contributed by atoms with Gasteiger partial charge < -0.3 is 10.6 Å². The number of hydrogen-bond acceptors (Lipinski definition) is 2. The van der Waals surface area contributed by atoms with Crippen LogP contribution in [-0.4, -0.2) is 28.9 Å². The maximum absolute atomic E-state index is 13.6. The first-order valence-electron chi connectivity index (χ1n) is 6.02. The molecule has 2 N–H and O–H groups in total. The molecule has 1 aromatic rings. The summed E-state index contributed by atoms with van der Waals surface area (Å²) in [6, 6.07) is 2.86. The van der Waals surface area contributed by atoms with Crippen LogP contribution in [0.15, 0.2) is 18.2 Å². The summed E-state index contributed by atoms with van der Waals surface area (Å²) in [6.07, 6.45) is 1.58. The number of halogens is 2. The van der Waals surface area contributed by atoms with Crippen LogP contribution in [0.3, 0.4) is 0 Å². The molecule has 1 saturated heterocycles. The van der Waals surface area contributed by atoms with E-state index < -0.39 is 17.5 Å². The standard InChI is InChI=1S/C13H14F2N2OS/c14-9-3-4-11(15)10(6-9)13(18)17-5-1-2-8(7-17)12(16)19/h3-4,6,8H,1-2,5,7H2,(H2,16,19). The lowest BCUT2D eigenvalue weighted by Crippen LogP contribution is -2.43. The summed E-state index contributed by atoms with van der Waals surface area (Å²) in [5.74, 6) is -1.92. The third-order valence-electron chi connectivity index (χ3n) is 3.27. The molecule has 0 spiro atoms. The van der Waals surface area contributed by atoms with E-state index in [4.69, 9.17) is 18.0 Å². The zero-order valence-corrected chi connectivity index (χ0v) is 11.1. The first-order valence-corrected chi connectivity index (χ1v) is 6.43. The number of likely N-dealkylation sites (tertiary alicyclic amines) is 1. The van der Waals surface area contributed by atoms with Crippen LogP contribution in [0, 0.1) is 17.6 Å². The van der Waals surface area contributed by atoms with E-state index in [1.807, 2.05) is 0 Å². The Morgan fingerprint density at radius 3 is 2.84 bits per heavy atom. The first kappa shape index (κ1) is 13.9. The predicted octanol–water partition coefficient (Wildman–Crippen LogP) is 2.10. The number of nitrogens with two attached hydrogens (primary N) is 1. The molecule has 1 amide bonds. The summed E-state index contributed by atoms with van der Waals surface area (Å²) in [7, 11) is 0. The van der Waals surface area contributed by atoms with Crippen LogP contribution >= 0.6 is 12.2 Å². The Kier molecular flexibility index (Phi) is 4.09. The number of carbonyl (C=O) groups excluding carboxylic acids is 1. The van der Waals surface area contributed by atoms with Crippen molar-refractivity contribution >= 4 is 23.1 Å². The topological polar surface area (TPSA) is 46.3 Å². The average Bonchev–Trinajstić information content (AvgIpc) is 2.41. The Hall–Kier alpha value is -1.56. The lowest BCUT2D eigenvalue weighted by atomic mass is 9.97. The Morgan fingerprint density at radius 2 is 2.16 bits per heavy atom. The first-order chi connectivity index (χ1) is 8.99. The molecule has 1 aliphatic rings. The number of nitrogens with zero attached hydrogens (tertiary/aromatic N) is 1. The summed E-state index contributed by atoms with van der Waals surface area (Å²) < 4.78 is 26.7. The SMILES string of the molecule is NC(=S)C1CCCN(C(=O)c2cc(F)ccc2F)C1. The third kappa shape index (κ3) is 3.07. The van der Waals surface area contributed by atoms with E-state index >= 15 is 0 Å². The number of carbonyl (C=O) groups is 1. The van der Waals surface area contributed by atoms with Gasteiger partial charge in [0.25, 0.3) is 5.91 Å². The largest absolute Gasteiger partial charge is 0.393 e. The van der Waals surface area contributed by atoms with E-state index in [0.717, 1.165) is 31.0 Å². The second kappa shape index (κ2) is 5.61. The van der Waals surface area contributed by atoms with Crippen LogP contribution in [0.4, 0.5) is 8.78 Å². The second-order valence-corrected chi connectivity index (χ2v) is 5.09. The molecule has 0 radical (unpaired) electrons. The lowest BCUT2D eigenvalue weighted by molar-refractivity contribution is 0.0698. The van der Waals surface area contributed by atoms with E-state index in [-0.39, 0.29) is 11.5 Å². The van der Waals surface area contributed by atoms with E-state index in [9.17, 15) is 13.6 Å². The van der Waals surface area contributed by atoms with E-state index in [2.05, 4.69) is 0 Å². The highest BCUT2D eigenvalue weighted by molar-refractivity contribution is 7.80. The highest BCUT2D eigenvalue weighted by Gasteiger charge is 2.27. The number of piperidine rings is 1. The van der Waals surface area contributed by atoms with Crippen LogP contribution in [0.5, 0.6) is 0 Å². The van der Waals surface area contributed by atoms with Crippen molar-refractivity contribution in [1.82, 2.24) is 4.90 Å². The molecule has 1 unspecified atom stereocenters. The van der Waals surface area contributed by atoms with Crippen molar-refractivity contribution in [2.24, 2.45) is 11.7 Å². The highest BCUT2D eigenvalue weighted by atomic mass is 32.1.